The maximum Gasteiger partial charge on any atom is 0.178 e. The van der Waals surface area contributed by atoms with Gasteiger partial charge in [-0.15, -0.1) is 11.8 Å². The number of nitrogens with zero attached hydrogens (tertiary/aromatic N) is 2. The van der Waals surface area contributed by atoms with Gasteiger partial charge in [0.2, 0.25) is 0 Å². The van der Waals surface area contributed by atoms with Crippen molar-refractivity contribution < 1.29 is 9.47 Å². The van der Waals surface area contributed by atoms with Crippen LogP contribution < -0.4 is 9.64 Å². The first-order valence-corrected chi connectivity index (χ1v) is 16.8. The van der Waals surface area contributed by atoms with E-state index in [4.69, 9.17) is 9.47 Å². The molecule has 1 atom stereocenters. The number of hydrogen-bond donors (Lipinski definition) is 0. The molecule has 0 spiro atoms. The Kier molecular flexibility index (Phi) is 6.57. The van der Waals surface area contributed by atoms with E-state index in [-0.39, 0.29) is 5.41 Å². The van der Waals surface area contributed by atoms with Gasteiger partial charge in [0.1, 0.15) is 5.75 Å². The highest BCUT2D eigenvalue weighted by molar-refractivity contribution is 7.98. The predicted molar refractivity (Wildman–Crippen MR) is 184 cm³/mol. The van der Waals surface area contributed by atoms with Crippen LogP contribution in [0.3, 0.4) is 0 Å². The molecular weight excluding hydrogens is 573 g/mol. The molecule has 3 aliphatic rings. The molecule has 0 bridgehead atoms. The average Bonchev–Trinajstić information content (AvgIpc) is 3.34. The van der Waals surface area contributed by atoms with Crippen LogP contribution in [0.15, 0.2) is 102 Å². The van der Waals surface area contributed by atoms with Crippen LogP contribution >= 0.6 is 11.8 Å². The van der Waals surface area contributed by atoms with Crippen LogP contribution in [0, 0.1) is 11.3 Å². The van der Waals surface area contributed by atoms with E-state index in [0.29, 0.717) is 5.56 Å². The highest BCUT2D eigenvalue weighted by Crippen LogP contribution is 2.58. The molecule has 4 nitrogen and oxygen atoms in total. The van der Waals surface area contributed by atoms with E-state index in [0.717, 1.165) is 54.1 Å². The van der Waals surface area contributed by atoms with Gasteiger partial charge in [0.15, 0.2) is 5.60 Å². The first kappa shape index (κ1) is 28.0. The minimum absolute atomic E-state index is 0.306. The Hall–Kier alpha value is -4.50. The molecular formula is C40H34N2O2S. The molecule has 5 aromatic carbocycles. The van der Waals surface area contributed by atoms with Crippen molar-refractivity contribution in [3.8, 4) is 22.9 Å². The number of morpholine rings is 1. The number of hydrogen-bond acceptors (Lipinski definition) is 5. The fourth-order valence-corrected chi connectivity index (χ4v) is 7.97. The second kappa shape index (κ2) is 10.5. The molecule has 2 aliphatic heterocycles. The molecule has 45 heavy (non-hydrogen) atoms. The summed E-state index contributed by atoms with van der Waals surface area (Å²) < 4.78 is 13.0. The lowest BCUT2D eigenvalue weighted by Crippen LogP contribution is -2.37. The summed E-state index contributed by atoms with van der Waals surface area (Å²) in [5.74, 6) is 0.902. The monoisotopic (exact) mass is 606 g/mol. The van der Waals surface area contributed by atoms with E-state index in [2.05, 4.69) is 128 Å². The van der Waals surface area contributed by atoms with E-state index in [9.17, 15) is 5.26 Å². The maximum atomic E-state index is 9.73. The SMILES string of the molecule is CSc1ccc(C2(c3ccc(N4CCOCC4)cc3)C=Cc3c4c(c5ccccc5c3O2)-c2ccc(C#N)cc2C4(C)C)cc1. The zero-order chi connectivity index (χ0) is 30.8. The standard InChI is InChI=1S/C40H34N2O2S/c1-39(2)35-24-26(25-41)8-17-33(35)36-31-6-4-5-7-32(31)38-34(37(36)39)18-19-40(44-38,28-11-15-30(45-3)16-12-28)27-9-13-29(14-10-27)42-20-22-43-23-21-42/h4-19,24H,20-23H2,1-3H3. The second-order valence-corrected chi connectivity index (χ2v) is 13.5. The lowest BCUT2D eigenvalue weighted by molar-refractivity contribution is 0.122. The fraction of sp³-hybridized carbons (Fsp3) is 0.225. The van der Waals surface area contributed by atoms with Crippen LogP contribution in [0.2, 0.25) is 0 Å². The van der Waals surface area contributed by atoms with E-state index < -0.39 is 5.60 Å². The molecule has 1 unspecified atom stereocenters. The van der Waals surface area contributed by atoms with Gasteiger partial charge in [0.05, 0.1) is 24.8 Å². The van der Waals surface area contributed by atoms with Crippen LogP contribution in [0.1, 0.15) is 47.2 Å². The van der Waals surface area contributed by atoms with Crippen molar-refractivity contribution in [3.05, 3.63) is 130 Å². The second-order valence-electron chi connectivity index (χ2n) is 12.6. The van der Waals surface area contributed by atoms with Gasteiger partial charge < -0.3 is 14.4 Å². The van der Waals surface area contributed by atoms with Gasteiger partial charge in [-0.25, -0.2) is 0 Å². The van der Waals surface area contributed by atoms with Gasteiger partial charge in [-0.1, -0.05) is 74.5 Å². The number of rotatable bonds is 4. The third-order valence-electron chi connectivity index (χ3n) is 9.86. The smallest absolute Gasteiger partial charge is 0.178 e. The summed E-state index contributed by atoms with van der Waals surface area (Å²) >= 11 is 1.74. The molecule has 1 fully saturated rings. The summed E-state index contributed by atoms with van der Waals surface area (Å²) in [5.41, 5.74) is 8.95. The molecule has 1 saturated heterocycles. The van der Waals surface area contributed by atoms with Crippen molar-refractivity contribution in [2.45, 2.75) is 29.8 Å². The van der Waals surface area contributed by atoms with Gasteiger partial charge in [0.25, 0.3) is 0 Å². The van der Waals surface area contributed by atoms with Gasteiger partial charge in [0, 0.05) is 51.2 Å². The summed E-state index contributed by atoms with van der Waals surface area (Å²) in [6, 6.07) is 34.8. The fourth-order valence-electron chi connectivity index (χ4n) is 7.56. The van der Waals surface area contributed by atoms with Crippen molar-refractivity contribution in [2.75, 3.05) is 37.5 Å². The lowest BCUT2D eigenvalue weighted by atomic mass is 9.76. The van der Waals surface area contributed by atoms with E-state index in [1.165, 1.54) is 38.2 Å². The van der Waals surface area contributed by atoms with Crippen molar-refractivity contribution in [3.63, 3.8) is 0 Å². The first-order chi connectivity index (χ1) is 21.9. The third-order valence-corrected chi connectivity index (χ3v) is 10.6. The zero-order valence-electron chi connectivity index (χ0n) is 25.8. The molecule has 0 amide bonds. The number of ether oxygens (including phenoxy) is 2. The van der Waals surface area contributed by atoms with Crippen LogP contribution in [0.4, 0.5) is 5.69 Å². The van der Waals surface area contributed by atoms with Crippen LogP contribution in [0.5, 0.6) is 5.75 Å². The largest absolute Gasteiger partial charge is 0.472 e. The normalized spacial score (nSPS) is 19.4. The first-order valence-electron chi connectivity index (χ1n) is 15.5. The minimum Gasteiger partial charge on any atom is -0.472 e. The molecule has 0 saturated carbocycles. The highest BCUT2D eigenvalue weighted by Gasteiger charge is 2.44. The molecule has 0 radical (unpaired) electrons. The van der Waals surface area contributed by atoms with Crippen molar-refractivity contribution >= 4 is 34.3 Å². The Morgan fingerprint density at radius 3 is 2.22 bits per heavy atom. The quantitative estimate of drug-likeness (QED) is 0.191. The zero-order valence-corrected chi connectivity index (χ0v) is 26.6. The molecule has 5 heteroatoms. The molecule has 8 rings (SSSR count). The minimum atomic E-state index is -0.811. The van der Waals surface area contributed by atoms with E-state index >= 15 is 0 Å². The number of thioether (sulfide) groups is 1. The molecule has 0 aromatic heterocycles. The third kappa shape index (κ3) is 4.24. The topological polar surface area (TPSA) is 45.5 Å². The van der Waals surface area contributed by atoms with Gasteiger partial charge in [-0.05, 0) is 76.4 Å². The Balaban J connectivity index is 1.34. The summed E-state index contributed by atoms with van der Waals surface area (Å²) in [7, 11) is 0. The summed E-state index contributed by atoms with van der Waals surface area (Å²) in [6.45, 7) is 7.85. The summed E-state index contributed by atoms with van der Waals surface area (Å²) in [4.78, 5) is 3.60. The summed E-state index contributed by atoms with van der Waals surface area (Å²) in [5, 5.41) is 12.0. The Morgan fingerprint density at radius 1 is 0.844 bits per heavy atom. The highest BCUT2D eigenvalue weighted by atomic mass is 32.2. The number of anilines is 1. The molecule has 2 heterocycles. The summed E-state index contributed by atoms with van der Waals surface area (Å²) in [6.07, 6.45) is 6.65. The van der Waals surface area contributed by atoms with Crippen LogP contribution in [-0.2, 0) is 15.8 Å². The van der Waals surface area contributed by atoms with Gasteiger partial charge in [-0.2, -0.15) is 5.26 Å². The molecule has 1 aliphatic carbocycles. The van der Waals surface area contributed by atoms with E-state index in [1.54, 1.807) is 11.8 Å². The predicted octanol–water partition coefficient (Wildman–Crippen LogP) is 8.93. The number of benzene rings is 5. The average molecular weight is 607 g/mol. The van der Waals surface area contributed by atoms with Gasteiger partial charge >= 0.3 is 0 Å². The Labute approximate surface area is 268 Å². The van der Waals surface area contributed by atoms with Crippen LogP contribution in [0.25, 0.3) is 28.0 Å². The number of fused-ring (bicyclic) bond motifs is 8. The Morgan fingerprint density at radius 2 is 1.53 bits per heavy atom. The van der Waals surface area contributed by atoms with Crippen molar-refractivity contribution in [2.24, 2.45) is 0 Å². The molecule has 0 N–H and O–H groups in total. The Bertz CT molecular complexity index is 2030. The van der Waals surface area contributed by atoms with Crippen molar-refractivity contribution in [1.82, 2.24) is 0 Å². The maximum absolute atomic E-state index is 9.73. The molecule has 5 aromatic rings. The molecule has 222 valence electrons. The van der Waals surface area contributed by atoms with Crippen LogP contribution in [-0.4, -0.2) is 32.6 Å². The lowest BCUT2D eigenvalue weighted by Gasteiger charge is -2.39. The van der Waals surface area contributed by atoms with Crippen molar-refractivity contribution in [1.29, 1.82) is 5.26 Å². The van der Waals surface area contributed by atoms with Gasteiger partial charge in [-0.3, -0.25) is 0 Å². The number of nitriles is 1. The van der Waals surface area contributed by atoms with E-state index in [1.807, 2.05) is 6.07 Å².